The number of carbonyl (C=O) groups is 1. The van der Waals surface area contributed by atoms with Gasteiger partial charge in [0.1, 0.15) is 0 Å². The molecular formula is C18H29N3O3S. The van der Waals surface area contributed by atoms with Gasteiger partial charge in [-0.2, -0.15) is 0 Å². The molecule has 25 heavy (non-hydrogen) atoms. The summed E-state index contributed by atoms with van der Waals surface area (Å²) in [5.41, 5.74) is 2.92. The summed E-state index contributed by atoms with van der Waals surface area (Å²) in [6.45, 7) is 7.75. The van der Waals surface area contributed by atoms with E-state index in [-0.39, 0.29) is 5.91 Å². The first-order valence-corrected chi connectivity index (χ1v) is 10.7. The van der Waals surface area contributed by atoms with Crippen molar-refractivity contribution < 1.29 is 13.2 Å². The highest BCUT2D eigenvalue weighted by Crippen LogP contribution is 2.16. The normalized spacial score (nSPS) is 16.8. The topological polar surface area (TPSA) is 78.5 Å². The van der Waals surface area contributed by atoms with E-state index in [1.54, 1.807) is 0 Å². The van der Waals surface area contributed by atoms with E-state index in [0.717, 1.165) is 49.2 Å². The summed E-state index contributed by atoms with van der Waals surface area (Å²) < 4.78 is 24.6. The first-order chi connectivity index (χ1) is 11.7. The number of amides is 1. The number of nitrogens with one attached hydrogen (secondary N) is 2. The van der Waals surface area contributed by atoms with Crippen molar-refractivity contribution in [1.82, 2.24) is 14.9 Å². The van der Waals surface area contributed by atoms with Crippen LogP contribution in [0.4, 0.5) is 0 Å². The third-order valence-corrected chi connectivity index (χ3v) is 5.26. The van der Waals surface area contributed by atoms with Crippen LogP contribution in [0.25, 0.3) is 0 Å². The zero-order valence-electron chi connectivity index (χ0n) is 15.3. The summed E-state index contributed by atoms with van der Waals surface area (Å²) in [5.74, 6) is 0.473. The van der Waals surface area contributed by atoms with Gasteiger partial charge in [0.2, 0.25) is 10.0 Å². The van der Waals surface area contributed by atoms with Gasteiger partial charge in [0.15, 0.2) is 0 Å². The number of hydrogen-bond donors (Lipinski definition) is 2. The van der Waals surface area contributed by atoms with Crippen LogP contribution < -0.4 is 10.0 Å². The van der Waals surface area contributed by atoms with Crippen molar-refractivity contribution in [1.29, 1.82) is 0 Å². The van der Waals surface area contributed by atoms with Gasteiger partial charge < -0.3 is 10.2 Å². The summed E-state index contributed by atoms with van der Waals surface area (Å²) in [5, 5.41) is 3.05. The van der Waals surface area contributed by atoms with Crippen LogP contribution in [0.15, 0.2) is 18.2 Å². The van der Waals surface area contributed by atoms with Crippen molar-refractivity contribution in [3.05, 3.63) is 34.9 Å². The summed E-state index contributed by atoms with van der Waals surface area (Å²) in [4.78, 5) is 14.6. The Bertz CT molecular complexity index is 675. The number of carbonyl (C=O) groups excluding carboxylic acids is 1. The van der Waals surface area contributed by atoms with Gasteiger partial charge in [0, 0.05) is 25.2 Å². The third kappa shape index (κ3) is 7.13. The molecular weight excluding hydrogens is 338 g/mol. The lowest BCUT2D eigenvalue weighted by molar-refractivity contribution is 0.0936. The zero-order valence-corrected chi connectivity index (χ0v) is 16.2. The highest BCUT2D eigenvalue weighted by molar-refractivity contribution is 7.88. The Kier molecular flexibility index (Phi) is 6.98. The van der Waals surface area contributed by atoms with Crippen molar-refractivity contribution in [2.24, 2.45) is 5.92 Å². The van der Waals surface area contributed by atoms with E-state index in [1.807, 2.05) is 26.0 Å². The monoisotopic (exact) mass is 367 g/mol. The van der Waals surface area contributed by atoms with Gasteiger partial charge in [0.25, 0.3) is 5.91 Å². The molecule has 1 amide bonds. The lowest BCUT2D eigenvalue weighted by atomic mass is 9.96. The molecule has 0 aliphatic carbocycles. The Labute approximate surface area is 151 Å². The van der Waals surface area contributed by atoms with Crippen LogP contribution in [0.5, 0.6) is 0 Å². The Hall–Kier alpha value is -1.44. The summed E-state index contributed by atoms with van der Waals surface area (Å²) in [6.07, 6.45) is 3.22. The van der Waals surface area contributed by atoms with Crippen molar-refractivity contribution in [2.75, 3.05) is 39.0 Å². The first kappa shape index (κ1) is 19.9. The van der Waals surface area contributed by atoms with Crippen LogP contribution in [0.2, 0.25) is 0 Å². The maximum Gasteiger partial charge on any atom is 0.251 e. The minimum atomic E-state index is -3.11. The minimum Gasteiger partial charge on any atom is -0.352 e. The number of piperidine rings is 1. The van der Waals surface area contributed by atoms with E-state index < -0.39 is 10.0 Å². The van der Waals surface area contributed by atoms with Gasteiger partial charge in [-0.15, -0.1) is 0 Å². The first-order valence-electron chi connectivity index (χ1n) is 8.76. The molecule has 0 bridgehead atoms. The molecule has 0 aromatic heterocycles. The van der Waals surface area contributed by atoms with E-state index in [2.05, 4.69) is 21.0 Å². The van der Waals surface area contributed by atoms with Gasteiger partial charge in [-0.05, 0) is 57.8 Å². The fourth-order valence-electron chi connectivity index (χ4n) is 3.25. The molecule has 1 fully saturated rings. The van der Waals surface area contributed by atoms with Crippen LogP contribution in [0.1, 0.15) is 34.3 Å². The van der Waals surface area contributed by atoms with E-state index in [1.165, 1.54) is 6.26 Å². The van der Waals surface area contributed by atoms with Crippen LogP contribution in [0, 0.1) is 19.8 Å². The predicted molar refractivity (Wildman–Crippen MR) is 100 cm³/mol. The molecule has 1 aromatic carbocycles. The van der Waals surface area contributed by atoms with Crippen molar-refractivity contribution >= 4 is 15.9 Å². The maximum atomic E-state index is 12.3. The van der Waals surface area contributed by atoms with E-state index in [0.29, 0.717) is 19.0 Å². The smallest absolute Gasteiger partial charge is 0.251 e. The zero-order chi connectivity index (χ0) is 18.4. The molecule has 7 heteroatoms. The fraction of sp³-hybridized carbons (Fsp3) is 0.611. The lowest BCUT2D eigenvalue weighted by Gasteiger charge is -2.31. The van der Waals surface area contributed by atoms with Crippen molar-refractivity contribution in [3.63, 3.8) is 0 Å². The van der Waals surface area contributed by atoms with Gasteiger partial charge in [-0.3, -0.25) is 4.79 Å². The van der Waals surface area contributed by atoms with Gasteiger partial charge >= 0.3 is 0 Å². The number of sulfonamides is 1. The molecule has 6 nitrogen and oxygen atoms in total. The molecule has 1 aliphatic rings. The SMILES string of the molecule is Cc1cc(C)cc(C(=O)NCC2CCN(CCNS(C)(=O)=O)CC2)c1. The maximum absolute atomic E-state index is 12.3. The quantitative estimate of drug-likeness (QED) is 0.761. The van der Waals surface area contributed by atoms with Gasteiger partial charge in [-0.25, -0.2) is 13.1 Å². The largest absolute Gasteiger partial charge is 0.352 e. The fourth-order valence-corrected chi connectivity index (χ4v) is 3.71. The number of hydrogen-bond acceptors (Lipinski definition) is 4. The number of nitrogens with zero attached hydrogens (tertiary/aromatic N) is 1. The molecule has 1 heterocycles. The third-order valence-electron chi connectivity index (χ3n) is 4.53. The standard InChI is InChI=1S/C18H29N3O3S/c1-14-10-15(2)12-17(11-14)18(22)19-13-16-4-7-21(8-5-16)9-6-20-25(3,23)24/h10-12,16,20H,4-9,13H2,1-3H3,(H,19,22). The molecule has 2 rings (SSSR count). The van der Waals surface area contributed by atoms with Gasteiger partial charge in [-0.1, -0.05) is 17.2 Å². The molecule has 0 atom stereocenters. The molecule has 2 N–H and O–H groups in total. The molecule has 0 saturated carbocycles. The van der Waals surface area contributed by atoms with Crippen LogP contribution >= 0.6 is 0 Å². The van der Waals surface area contributed by atoms with Crippen LogP contribution in [-0.4, -0.2) is 58.2 Å². The summed E-state index contributed by atoms with van der Waals surface area (Å²) in [6, 6.07) is 5.89. The molecule has 0 unspecified atom stereocenters. The second-order valence-corrected chi connectivity index (χ2v) is 8.87. The number of aryl methyl sites for hydroxylation is 2. The Balaban J connectivity index is 1.70. The summed E-state index contributed by atoms with van der Waals surface area (Å²) in [7, 11) is -3.11. The minimum absolute atomic E-state index is 0.00779. The average Bonchev–Trinajstić information content (AvgIpc) is 2.51. The Morgan fingerprint density at radius 3 is 2.32 bits per heavy atom. The highest BCUT2D eigenvalue weighted by atomic mass is 32.2. The lowest BCUT2D eigenvalue weighted by Crippen LogP contribution is -2.41. The number of rotatable bonds is 7. The Morgan fingerprint density at radius 1 is 1.16 bits per heavy atom. The predicted octanol–water partition coefficient (Wildman–Crippen LogP) is 1.29. The average molecular weight is 368 g/mol. The van der Waals surface area contributed by atoms with E-state index >= 15 is 0 Å². The second-order valence-electron chi connectivity index (χ2n) is 7.04. The number of benzene rings is 1. The second kappa shape index (κ2) is 8.78. The van der Waals surface area contributed by atoms with Crippen molar-refractivity contribution in [3.8, 4) is 0 Å². The molecule has 140 valence electrons. The van der Waals surface area contributed by atoms with E-state index in [9.17, 15) is 13.2 Å². The molecule has 1 aliphatic heterocycles. The van der Waals surface area contributed by atoms with Gasteiger partial charge in [0.05, 0.1) is 6.26 Å². The molecule has 1 saturated heterocycles. The Morgan fingerprint density at radius 2 is 1.76 bits per heavy atom. The molecule has 0 spiro atoms. The van der Waals surface area contributed by atoms with Crippen LogP contribution in [-0.2, 0) is 10.0 Å². The molecule has 1 aromatic rings. The van der Waals surface area contributed by atoms with Crippen molar-refractivity contribution in [2.45, 2.75) is 26.7 Å². The van der Waals surface area contributed by atoms with Crippen LogP contribution in [0.3, 0.4) is 0 Å². The summed E-state index contributed by atoms with van der Waals surface area (Å²) >= 11 is 0. The molecule has 0 radical (unpaired) electrons. The highest BCUT2D eigenvalue weighted by Gasteiger charge is 2.20. The van der Waals surface area contributed by atoms with E-state index in [4.69, 9.17) is 0 Å². The number of likely N-dealkylation sites (tertiary alicyclic amines) is 1.